The van der Waals surface area contributed by atoms with E-state index in [9.17, 15) is 0 Å². The second-order valence-corrected chi connectivity index (χ2v) is 7.62. The minimum Gasteiger partial charge on any atom is -0.379 e. The van der Waals surface area contributed by atoms with Crippen molar-refractivity contribution in [2.45, 2.75) is 25.9 Å². The summed E-state index contributed by atoms with van der Waals surface area (Å²) in [5, 5.41) is 8.08. The average molecular weight is 404 g/mol. The summed E-state index contributed by atoms with van der Waals surface area (Å²) in [4.78, 5) is 2.46. The normalized spacial score (nSPS) is 17.1. The van der Waals surface area contributed by atoms with E-state index in [1.165, 1.54) is 5.56 Å². The topological polar surface area (TPSA) is 36.5 Å². The second kappa shape index (κ2) is 9.51. The molecule has 2 N–H and O–H groups in total. The monoisotopic (exact) mass is 403 g/mol. The Bertz CT molecular complexity index is 765. The molecule has 27 heavy (non-hydrogen) atoms. The number of nitrogens with zero attached hydrogens (tertiary/aromatic N) is 1. The van der Waals surface area contributed by atoms with Crippen LogP contribution in [0.5, 0.6) is 0 Å². The summed E-state index contributed by atoms with van der Waals surface area (Å²) < 4.78 is 5.54. The standard InChI is InChI=1S/C21H26ClN3OS/c1-15-18(22)9-6-10-19(15)24-21(27)23-16(2)20(17-7-4-3-5-8-17)25-11-13-26-14-12-25/h3-10,16,20H,11-14H2,1-2H3,(H2,23,24,27)/t16-,20+/m1/s1. The van der Waals surface area contributed by atoms with E-state index < -0.39 is 0 Å². The zero-order valence-corrected chi connectivity index (χ0v) is 17.3. The van der Waals surface area contributed by atoms with Crippen LogP contribution < -0.4 is 10.6 Å². The highest BCUT2D eigenvalue weighted by atomic mass is 35.5. The number of morpholine rings is 1. The first-order chi connectivity index (χ1) is 13.1. The Morgan fingerprint density at radius 2 is 1.81 bits per heavy atom. The fraction of sp³-hybridized carbons (Fsp3) is 0.381. The van der Waals surface area contributed by atoms with Gasteiger partial charge in [-0.25, -0.2) is 0 Å². The van der Waals surface area contributed by atoms with Gasteiger partial charge in [-0.3, -0.25) is 4.90 Å². The molecular weight excluding hydrogens is 378 g/mol. The van der Waals surface area contributed by atoms with Gasteiger partial charge in [0.1, 0.15) is 0 Å². The Morgan fingerprint density at radius 1 is 1.11 bits per heavy atom. The van der Waals surface area contributed by atoms with E-state index in [4.69, 9.17) is 28.6 Å². The third-order valence-corrected chi connectivity index (χ3v) is 5.56. The summed E-state index contributed by atoms with van der Waals surface area (Å²) in [6, 6.07) is 16.7. The van der Waals surface area contributed by atoms with Crippen molar-refractivity contribution in [3.63, 3.8) is 0 Å². The van der Waals surface area contributed by atoms with Crippen molar-refractivity contribution in [2.75, 3.05) is 31.6 Å². The van der Waals surface area contributed by atoms with E-state index in [2.05, 4.69) is 46.7 Å². The lowest BCUT2D eigenvalue weighted by Crippen LogP contribution is -2.49. The lowest BCUT2D eigenvalue weighted by atomic mass is 9.98. The van der Waals surface area contributed by atoms with Gasteiger partial charge >= 0.3 is 0 Å². The fourth-order valence-electron chi connectivity index (χ4n) is 3.51. The van der Waals surface area contributed by atoms with Gasteiger partial charge in [-0.15, -0.1) is 0 Å². The van der Waals surface area contributed by atoms with Gasteiger partial charge in [0.15, 0.2) is 5.11 Å². The first kappa shape index (κ1) is 20.1. The van der Waals surface area contributed by atoms with E-state index in [1.807, 2.05) is 31.2 Å². The van der Waals surface area contributed by atoms with Crippen molar-refractivity contribution in [3.8, 4) is 0 Å². The SMILES string of the molecule is Cc1c(Cl)cccc1NC(=S)N[C@H](C)[C@@H](c1ccccc1)N1CCOCC1. The second-order valence-electron chi connectivity index (χ2n) is 6.80. The maximum atomic E-state index is 6.21. The van der Waals surface area contributed by atoms with Crippen molar-refractivity contribution < 1.29 is 4.74 Å². The first-order valence-corrected chi connectivity index (χ1v) is 10.0. The molecule has 6 heteroatoms. The Morgan fingerprint density at radius 3 is 2.52 bits per heavy atom. The molecule has 3 rings (SSSR count). The molecule has 1 fully saturated rings. The predicted octanol–water partition coefficient (Wildman–Crippen LogP) is 4.40. The summed E-state index contributed by atoms with van der Waals surface area (Å²) in [7, 11) is 0. The van der Waals surface area contributed by atoms with Crippen LogP contribution in [0.25, 0.3) is 0 Å². The summed E-state index contributed by atoms with van der Waals surface area (Å²) in [6.07, 6.45) is 0. The summed E-state index contributed by atoms with van der Waals surface area (Å²) in [5.74, 6) is 0. The Kier molecular flexibility index (Phi) is 7.07. The molecule has 0 radical (unpaired) electrons. The number of ether oxygens (including phenoxy) is 1. The van der Waals surface area contributed by atoms with Gasteiger partial charge < -0.3 is 15.4 Å². The minimum absolute atomic E-state index is 0.130. The number of hydrogen-bond donors (Lipinski definition) is 2. The summed E-state index contributed by atoms with van der Waals surface area (Å²) >= 11 is 11.8. The van der Waals surface area contributed by atoms with Gasteiger partial charge in [0.05, 0.1) is 19.3 Å². The third-order valence-electron chi connectivity index (χ3n) is 4.93. The van der Waals surface area contributed by atoms with Gasteiger partial charge in [0, 0.05) is 29.8 Å². The number of halogens is 1. The largest absolute Gasteiger partial charge is 0.379 e. The van der Waals surface area contributed by atoms with E-state index >= 15 is 0 Å². The number of nitrogens with one attached hydrogen (secondary N) is 2. The summed E-state index contributed by atoms with van der Waals surface area (Å²) in [5.41, 5.74) is 3.19. The summed E-state index contributed by atoms with van der Waals surface area (Å²) in [6.45, 7) is 7.52. The molecule has 4 nitrogen and oxygen atoms in total. The molecule has 0 bridgehead atoms. The van der Waals surface area contributed by atoms with Crippen molar-refractivity contribution in [1.29, 1.82) is 0 Å². The van der Waals surface area contributed by atoms with Gasteiger partial charge in [-0.2, -0.15) is 0 Å². The van der Waals surface area contributed by atoms with E-state index in [0.717, 1.165) is 42.6 Å². The molecular formula is C21H26ClN3OS. The van der Waals surface area contributed by atoms with Crippen LogP contribution in [-0.2, 0) is 4.74 Å². The molecule has 0 spiro atoms. The lowest BCUT2D eigenvalue weighted by Gasteiger charge is -2.38. The number of rotatable bonds is 5. The maximum Gasteiger partial charge on any atom is 0.171 e. The minimum atomic E-state index is 0.130. The zero-order chi connectivity index (χ0) is 19.2. The number of thiocarbonyl (C=S) groups is 1. The molecule has 0 aliphatic carbocycles. The van der Waals surface area contributed by atoms with Crippen molar-refractivity contribution in [2.24, 2.45) is 0 Å². The van der Waals surface area contributed by atoms with Gasteiger partial charge in [0.25, 0.3) is 0 Å². The van der Waals surface area contributed by atoms with E-state index in [0.29, 0.717) is 5.11 Å². The molecule has 2 atom stereocenters. The smallest absolute Gasteiger partial charge is 0.171 e. The van der Waals surface area contributed by atoms with Crippen LogP contribution in [0.1, 0.15) is 24.1 Å². The number of hydrogen-bond acceptors (Lipinski definition) is 3. The van der Waals surface area contributed by atoms with Crippen LogP contribution in [0, 0.1) is 6.92 Å². The molecule has 1 aliphatic rings. The molecule has 144 valence electrons. The molecule has 2 aromatic rings. The number of benzene rings is 2. The fourth-order valence-corrected chi connectivity index (χ4v) is 3.98. The van der Waals surface area contributed by atoms with Crippen molar-refractivity contribution in [1.82, 2.24) is 10.2 Å². The molecule has 0 aromatic heterocycles. The quantitative estimate of drug-likeness (QED) is 0.724. The van der Waals surface area contributed by atoms with Crippen LogP contribution in [0.15, 0.2) is 48.5 Å². The van der Waals surface area contributed by atoms with Crippen LogP contribution >= 0.6 is 23.8 Å². The van der Waals surface area contributed by atoms with Gasteiger partial charge in [0.2, 0.25) is 0 Å². The Labute approximate surface area is 171 Å². The highest BCUT2D eigenvalue weighted by Gasteiger charge is 2.28. The lowest BCUT2D eigenvalue weighted by molar-refractivity contribution is 0.0102. The number of anilines is 1. The van der Waals surface area contributed by atoms with E-state index in [1.54, 1.807) is 0 Å². The molecule has 0 amide bonds. The Hall–Kier alpha value is -1.66. The zero-order valence-electron chi connectivity index (χ0n) is 15.7. The van der Waals surface area contributed by atoms with Gasteiger partial charge in [-0.05, 0) is 49.3 Å². The first-order valence-electron chi connectivity index (χ1n) is 9.25. The molecule has 1 saturated heterocycles. The highest BCUT2D eigenvalue weighted by molar-refractivity contribution is 7.80. The van der Waals surface area contributed by atoms with Crippen LogP contribution in [0.4, 0.5) is 5.69 Å². The predicted molar refractivity (Wildman–Crippen MR) is 117 cm³/mol. The molecule has 0 unspecified atom stereocenters. The average Bonchev–Trinajstić information content (AvgIpc) is 2.67. The van der Waals surface area contributed by atoms with Crippen molar-refractivity contribution in [3.05, 3.63) is 64.7 Å². The third kappa shape index (κ3) is 5.20. The van der Waals surface area contributed by atoms with Crippen molar-refractivity contribution >= 4 is 34.6 Å². The maximum absolute atomic E-state index is 6.21. The Balaban J connectivity index is 1.72. The van der Waals surface area contributed by atoms with E-state index in [-0.39, 0.29) is 12.1 Å². The van der Waals surface area contributed by atoms with Gasteiger partial charge in [-0.1, -0.05) is 48.0 Å². The highest BCUT2D eigenvalue weighted by Crippen LogP contribution is 2.26. The van der Waals surface area contributed by atoms with Crippen LogP contribution in [0.3, 0.4) is 0 Å². The molecule has 0 saturated carbocycles. The van der Waals surface area contributed by atoms with Crippen LogP contribution in [-0.4, -0.2) is 42.4 Å². The molecule has 2 aromatic carbocycles. The molecule has 1 heterocycles. The molecule has 1 aliphatic heterocycles. The van der Waals surface area contributed by atoms with Crippen LogP contribution in [0.2, 0.25) is 5.02 Å².